The number of aromatic nitrogens is 2. The van der Waals surface area contributed by atoms with Gasteiger partial charge in [0.25, 0.3) is 5.56 Å². The summed E-state index contributed by atoms with van der Waals surface area (Å²) in [6.45, 7) is 3.73. The molecule has 6 nitrogen and oxygen atoms in total. The summed E-state index contributed by atoms with van der Waals surface area (Å²) in [6, 6.07) is 10.4. The highest BCUT2D eigenvalue weighted by atomic mass is 19.4. The first-order valence-electron chi connectivity index (χ1n) is 9.50. The van der Waals surface area contributed by atoms with Crippen molar-refractivity contribution in [3.05, 3.63) is 75.6 Å². The van der Waals surface area contributed by atoms with E-state index in [1.807, 2.05) is 0 Å². The first-order chi connectivity index (χ1) is 14.7. The number of alkyl halides is 3. The Labute approximate surface area is 176 Å². The number of ether oxygens (including phenoxy) is 2. The smallest absolute Gasteiger partial charge is 0.416 e. The van der Waals surface area contributed by atoms with Crippen LogP contribution in [-0.2, 0) is 10.9 Å². The number of carbonyl (C=O) groups excluding carboxylic acids is 1. The number of nitrogens with one attached hydrogen (secondary N) is 1. The molecule has 0 fully saturated rings. The molecule has 0 bridgehead atoms. The van der Waals surface area contributed by atoms with Gasteiger partial charge in [-0.05, 0) is 49.7 Å². The molecule has 164 valence electrons. The van der Waals surface area contributed by atoms with Crippen molar-refractivity contribution in [3.8, 4) is 17.0 Å². The van der Waals surface area contributed by atoms with Gasteiger partial charge in [-0.25, -0.2) is 9.48 Å². The highest BCUT2D eigenvalue weighted by molar-refractivity contribution is 5.89. The molecule has 9 heteroatoms. The summed E-state index contributed by atoms with van der Waals surface area (Å²) in [7, 11) is 1.34. The van der Waals surface area contributed by atoms with E-state index < -0.39 is 29.3 Å². The Morgan fingerprint density at radius 2 is 1.81 bits per heavy atom. The molecular formula is C22H21F3N2O4. The molecule has 3 rings (SSSR count). The number of hydrogen-bond acceptors (Lipinski definition) is 4. The summed E-state index contributed by atoms with van der Waals surface area (Å²) in [5.41, 5.74) is 0.155. The third kappa shape index (κ3) is 4.65. The van der Waals surface area contributed by atoms with Crippen LogP contribution in [0, 0.1) is 0 Å². The van der Waals surface area contributed by atoms with E-state index >= 15 is 0 Å². The van der Waals surface area contributed by atoms with E-state index in [9.17, 15) is 22.8 Å². The minimum Gasteiger partial charge on any atom is -0.496 e. The van der Waals surface area contributed by atoms with Crippen molar-refractivity contribution in [1.82, 2.24) is 9.78 Å². The van der Waals surface area contributed by atoms with Gasteiger partial charge < -0.3 is 9.47 Å². The van der Waals surface area contributed by atoms with Crippen molar-refractivity contribution < 1.29 is 27.4 Å². The number of H-pyrrole nitrogens is 1. The van der Waals surface area contributed by atoms with Crippen molar-refractivity contribution in [1.29, 1.82) is 0 Å². The van der Waals surface area contributed by atoms with E-state index in [-0.39, 0.29) is 23.6 Å². The predicted octanol–water partition coefficient (Wildman–Crippen LogP) is 4.66. The summed E-state index contributed by atoms with van der Waals surface area (Å²) in [5, 5.41) is 2.87. The van der Waals surface area contributed by atoms with Crippen LogP contribution < -0.4 is 10.3 Å². The van der Waals surface area contributed by atoms with Crippen molar-refractivity contribution >= 4 is 5.97 Å². The Kier molecular flexibility index (Phi) is 6.24. The van der Waals surface area contributed by atoms with Crippen LogP contribution in [0.1, 0.15) is 41.4 Å². The number of carbonyl (C=O) groups is 1. The molecule has 0 radical (unpaired) electrons. The third-order valence-corrected chi connectivity index (χ3v) is 4.85. The topological polar surface area (TPSA) is 73.3 Å². The zero-order valence-electron chi connectivity index (χ0n) is 17.1. The molecule has 0 aliphatic heterocycles. The molecule has 0 spiro atoms. The van der Waals surface area contributed by atoms with Crippen molar-refractivity contribution in [2.24, 2.45) is 0 Å². The number of hydrogen-bond donors (Lipinski definition) is 1. The van der Waals surface area contributed by atoms with Crippen LogP contribution in [0.4, 0.5) is 13.2 Å². The largest absolute Gasteiger partial charge is 0.496 e. The average Bonchev–Trinajstić information content (AvgIpc) is 3.13. The van der Waals surface area contributed by atoms with Crippen LogP contribution in [0.25, 0.3) is 11.3 Å². The maximum Gasteiger partial charge on any atom is 0.416 e. The van der Waals surface area contributed by atoms with Crippen LogP contribution in [-0.4, -0.2) is 29.5 Å². The molecule has 0 aliphatic carbocycles. The van der Waals surface area contributed by atoms with Crippen molar-refractivity contribution in [3.63, 3.8) is 0 Å². The van der Waals surface area contributed by atoms with Crippen molar-refractivity contribution in [2.75, 3.05) is 13.7 Å². The molecule has 0 saturated heterocycles. The second kappa shape index (κ2) is 8.71. The fraction of sp³-hybridized carbons (Fsp3) is 0.273. The van der Waals surface area contributed by atoms with Crippen LogP contribution in [0.15, 0.2) is 53.3 Å². The van der Waals surface area contributed by atoms with E-state index in [4.69, 9.17) is 9.47 Å². The number of esters is 1. The van der Waals surface area contributed by atoms with E-state index in [0.717, 1.165) is 17.7 Å². The molecule has 31 heavy (non-hydrogen) atoms. The lowest BCUT2D eigenvalue weighted by atomic mass is 10.1. The summed E-state index contributed by atoms with van der Waals surface area (Å²) in [6.07, 6.45) is -4.53. The number of nitrogens with zero attached hydrogens (tertiary/aromatic N) is 1. The molecule has 1 aromatic heterocycles. The number of halogens is 3. The Morgan fingerprint density at radius 1 is 1.13 bits per heavy atom. The SMILES string of the molecule is CCOC(=O)c1ccc([C@H](C)n2[nH]c(-c3cc(C(F)(F)F)ccc3OC)cc2=O)cc1. The van der Waals surface area contributed by atoms with Gasteiger partial charge in [0.2, 0.25) is 0 Å². The fourth-order valence-corrected chi connectivity index (χ4v) is 3.19. The highest BCUT2D eigenvalue weighted by Gasteiger charge is 2.31. The monoisotopic (exact) mass is 434 g/mol. The number of rotatable bonds is 6. The quantitative estimate of drug-likeness (QED) is 0.573. The normalized spacial score (nSPS) is 12.5. The van der Waals surface area contributed by atoms with E-state index in [1.54, 1.807) is 38.1 Å². The van der Waals surface area contributed by atoms with Crippen LogP contribution in [0.5, 0.6) is 5.75 Å². The number of aromatic amines is 1. The zero-order valence-corrected chi connectivity index (χ0v) is 17.1. The minimum absolute atomic E-state index is 0.123. The Balaban J connectivity index is 1.96. The maximum atomic E-state index is 13.1. The van der Waals surface area contributed by atoms with Gasteiger partial charge in [0, 0.05) is 11.6 Å². The van der Waals surface area contributed by atoms with Gasteiger partial charge >= 0.3 is 12.1 Å². The molecule has 0 aliphatic rings. The lowest BCUT2D eigenvalue weighted by Gasteiger charge is -2.14. The highest BCUT2D eigenvalue weighted by Crippen LogP contribution is 2.36. The van der Waals surface area contributed by atoms with Gasteiger partial charge in [-0.1, -0.05) is 12.1 Å². The molecule has 0 amide bonds. The van der Waals surface area contributed by atoms with Crippen LogP contribution in [0.3, 0.4) is 0 Å². The molecule has 2 aromatic carbocycles. The summed E-state index contributed by atoms with van der Waals surface area (Å²) in [5.74, 6) is -0.245. The Hall–Kier alpha value is -3.49. The summed E-state index contributed by atoms with van der Waals surface area (Å²) in [4.78, 5) is 24.4. The average molecular weight is 434 g/mol. The number of methoxy groups -OCH3 is 1. The molecular weight excluding hydrogens is 413 g/mol. The van der Waals surface area contributed by atoms with E-state index in [0.29, 0.717) is 5.56 Å². The second-order valence-corrected chi connectivity index (χ2v) is 6.81. The van der Waals surface area contributed by atoms with E-state index in [1.165, 1.54) is 23.9 Å². The Morgan fingerprint density at radius 3 is 2.39 bits per heavy atom. The van der Waals surface area contributed by atoms with Gasteiger partial charge in [-0.3, -0.25) is 9.89 Å². The predicted molar refractivity (Wildman–Crippen MR) is 108 cm³/mol. The lowest BCUT2D eigenvalue weighted by molar-refractivity contribution is -0.137. The zero-order chi connectivity index (χ0) is 22.8. The first-order valence-corrected chi connectivity index (χ1v) is 9.50. The van der Waals surface area contributed by atoms with Gasteiger partial charge in [-0.2, -0.15) is 13.2 Å². The standard InChI is InChI=1S/C22H21F3N2O4/c1-4-31-21(29)15-7-5-14(6-8-15)13(2)27-20(28)12-18(26-27)17-11-16(22(23,24)25)9-10-19(17)30-3/h5-13,26H,4H2,1-3H3/t13-/m0/s1. The maximum absolute atomic E-state index is 13.1. The second-order valence-electron chi connectivity index (χ2n) is 6.81. The molecule has 1 N–H and O–H groups in total. The molecule has 1 heterocycles. The fourth-order valence-electron chi connectivity index (χ4n) is 3.19. The van der Waals surface area contributed by atoms with Crippen molar-refractivity contribution in [2.45, 2.75) is 26.1 Å². The van der Waals surface area contributed by atoms with Crippen LogP contribution >= 0.6 is 0 Å². The first kappa shape index (κ1) is 22.2. The number of benzene rings is 2. The molecule has 3 aromatic rings. The minimum atomic E-state index is -4.53. The molecule has 1 atom stereocenters. The van der Waals surface area contributed by atoms with E-state index in [2.05, 4.69) is 5.10 Å². The van der Waals surface area contributed by atoms with Gasteiger partial charge in [0.1, 0.15) is 5.75 Å². The third-order valence-electron chi connectivity index (χ3n) is 4.85. The summed E-state index contributed by atoms with van der Waals surface area (Å²) < 4.78 is 50.8. The summed E-state index contributed by atoms with van der Waals surface area (Å²) >= 11 is 0. The molecule has 0 unspecified atom stereocenters. The van der Waals surface area contributed by atoms with Gasteiger partial charge in [0.15, 0.2) is 0 Å². The molecule has 0 saturated carbocycles. The van der Waals surface area contributed by atoms with Gasteiger partial charge in [-0.15, -0.1) is 0 Å². The van der Waals surface area contributed by atoms with Gasteiger partial charge in [0.05, 0.1) is 36.6 Å². The lowest BCUT2D eigenvalue weighted by Crippen LogP contribution is -2.21. The Bertz CT molecular complexity index is 1130. The van der Waals surface area contributed by atoms with Crippen LogP contribution in [0.2, 0.25) is 0 Å².